The number of carbonyl (C=O) groups is 1. The van der Waals surface area contributed by atoms with Crippen LogP contribution in [-0.4, -0.2) is 36.3 Å². The lowest BCUT2D eigenvalue weighted by atomic mass is 10.3. The van der Waals surface area contributed by atoms with Crippen LogP contribution in [0.25, 0.3) is 0 Å². The molecule has 0 fully saturated rings. The average Bonchev–Trinajstić information content (AvgIpc) is 2.75. The first-order chi connectivity index (χ1) is 6.75. The van der Waals surface area contributed by atoms with E-state index < -0.39 is 0 Å². The lowest BCUT2D eigenvalue weighted by Crippen LogP contribution is -2.12. The predicted molar refractivity (Wildman–Crippen MR) is 45.3 cm³/mol. The van der Waals surface area contributed by atoms with Crippen molar-refractivity contribution in [3.05, 3.63) is 18.0 Å². The smallest absolute Gasteiger partial charge is 0.270 e. The fraction of sp³-hybridized carbons (Fsp3) is 0.167. The molecule has 0 saturated heterocycles. The number of aryl methyl sites for hydroxylation is 1. The Bertz CT molecular complexity index is 431. The highest BCUT2D eigenvalue weighted by Gasteiger charge is 2.09. The van der Waals surface area contributed by atoms with Crippen molar-refractivity contribution in [2.24, 2.45) is 7.05 Å². The molecular weight excluding hydrogens is 186 g/mol. The number of hydrogen-bond acceptors (Lipinski definition) is 5. The van der Waals surface area contributed by atoms with Crippen LogP contribution in [0.4, 0.5) is 5.95 Å². The third kappa shape index (κ3) is 1.58. The Hall–Kier alpha value is -2.25. The number of carbonyl (C=O) groups excluding carboxylic acids is 1. The molecule has 2 rings (SSSR count). The number of tetrazole rings is 1. The quantitative estimate of drug-likeness (QED) is 0.649. The van der Waals surface area contributed by atoms with Gasteiger partial charge in [-0.15, -0.1) is 5.10 Å². The minimum absolute atomic E-state index is 0.165. The van der Waals surface area contributed by atoms with E-state index in [4.69, 9.17) is 0 Å². The molecule has 0 atom stereocenters. The molecule has 2 aromatic heterocycles. The van der Waals surface area contributed by atoms with Crippen molar-refractivity contribution in [3.63, 3.8) is 0 Å². The van der Waals surface area contributed by atoms with Gasteiger partial charge in [0.05, 0.1) is 18.8 Å². The first kappa shape index (κ1) is 8.35. The van der Waals surface area contributed by atoms with Gasteiger partial charge in [0.15, 0.2) is 0 Å². The van der Waals surface area contributed by atoms with E-state index in [1.165, 1.54) is 17.2 Å². The largest absolute Gasteiger partial charge is 0.288 e. The Morgan fingerprint density at radius 3 is 3.07 bits per heavy atom. The molecule has 0 aromatic carbocycles. The van der Waals surface area contributed by atoms with Crippen LogP contribution in [0.15, 0.2) is 12.4 Å². The maximum absolute atomic E-state index is 11.4. The number of nitrogens with zero attached hydrogens (tertiary/aromatic N) is 5. The first-order valence-corrected chi connectivity index (χ1v) is 3.80. The minimum atomic E-state index is -0.327. The summed E-state index contributed by atoms with van der Waals surface area (Å²) in [5, 5.41) is 19.6. The zero-order chi connectivity index (χ0) is 9.97. The number of aromatic amines is 1. The number of amides is 1. The van der Waals surface area contributed by atoms with Gasteiger partial charge in [-0.25, -0.2) is 0 Å². The number of H-pyrrole nitrogens is 1. The first-order valence-electron chi connectivity index (χ1n) is 3.80. The topological polar surface area (TPSA) is 101 Å². The highest BCUT2D eigenvalue weighted by molar-refractivity contribution is 6.02. The van der Waals surface area contributed by atoms with Gasteiger partial charge in [0.2, 0.25) is 0 Å². The lowest BCUT2D eigenvalue weighted by molar-refractivity contribution is 0.102. The summed E-state index contributed by atoms with van der Waals surface area (Å²) in [6.07, 6.45) is 2.89. The van der Waals surface area contributed by atoms with Crippen LogP contribution < -0.4 is 5.32 Å². The third-order valence-electron chi connectivity index (χ3n) is 1.49. The van der Waals surface area contributed by atoms with Gasteiger partial charge in [-0.3, -0.25) is 15.2 Å². The van der Waals surface area contributed by atoms with Gasteiger partial charge in [0.1, 0.15) is 0 Å². The van der Waals surface area contributed by atoms with Crippen molar-refractivity contribution in [3.8, 4) is 0 Å². The van der Waals surface area contributed by atoms with Gasteiger partial charge in [0, 0.05) is 6.20 Å². The van der Waals surface area contributed by atoms with Crippen molar-refractivity contribution in [2.75, 3.05) is 5.32 Å². The van der Waals surface area contributed by atoms with Gasteiger partial charge in [0.25, 0.3) is 11.9 Å². The fourth-order valence-corrected chi connectivity index (χ4v) is 0.883. The van der Waals surface area contributed by atoms with Crippen LogP contribution in [0.3, 0.4) is 0 Å². The summed E-state index contributed by atoms with van der Waals surface area (Å²) in [4.78, 5) is 12.7. The summed E-state index contributed by atoms with van der Waals surface area (Å²) in [7, 11) is 1.61. The fourth-order valence-electron chi connectivity index (χ4n) is 0.883. The Morgan fingerprint density at radius 2 is 2.50 bits per heavy atom. The molecule has 0 aliphatic heterocycles. The molecule has 8 heteroatoms. The molecule has 72 valence electrons. The second kappa shape index (κ2) is 3.24. The van der Waals surface area contributed by atoms with Gasteiger partial charge in [-0.05, 0) is 5.21 Å². The van der Waals surface area contributed by atoms with E-state index in [2.05, 4.69) is 30.9 Å². The van der Waals surface area contributed by atoms with Crippen LogP contribution in [0.2, 0.25) is 0 Å². The van der Waals surface area contributed by atoms with Crippen LogP contribution in [0.1, 0.15) is 10.4 Å². The third-order valence-corrected chi connectivity index (χ3v) is 1.49. The average molecular weight is 193 g/mol. The normalized spacial score (nSPS) is 10.1. The molecule has 1 amide bonds. The monoisotopic (exact) mass is 193 g/mol. The van der Waals surface area contributed by atoms with Crippen molar-refractivity contribution in [1.82, 2.24) is 30.4 Å². The molecule has 0 aliphatic rings. The Labute approximate surface area is 78.3 Å². The van der Waals surface area contributed by atoms with Crippen LogP contribution in [-0.2, 0) is 7.05 Å². The maximum Gasteiger partial charge on any atom is 0.270 e. The lowest BCUT2D eigenvalue weighted by Gasteiger charge is -1.94. The number of hydrogen-bond donors (Lipinski definition) is 2. The number of nitrogens with one attached hydrogen (secondary N) is 2. The molecule has 0 saturated carbocycles. The highest BCUT2D eigenvalue weighted by atomic mass is 16.1. The molecule has 0 radical (unpaired) electrons. The summed E-state index contributed by atoms with van der Waals surface area (Å²) in [5.41, 5.74) is 0.414. The van der Waals surface area contributed by atoms with E-state index in [-0.39, 0.29) is 11.9 Å². The van der Waals surface area contributed by atoms with E-state index in [9.17, 15) is 4.79 Å². The molecule has 2 N–H and O–H groups in total. The van der Waals surface area contributed by atoms with Gasteiger partial charge < -0.3 is 0 Å². The predicted octanol–water partition coefficient (Wildman–Crippen LogP) is -0.815. The Balaban J connectivity index is 2.09. The SMILES string of the molecule is Cn1nnc(NC(=O)c2cn[nH]c2)n1. The summed E-state index contributed by atoms with van der Waals surface area (Å²) in [6.45, 7) is 0. The summed E-state index contributed by atoms with van der Waals surface area (Å²) >= 11 is 0. The second-order valence-electron chi connectivity index (χ2n) is 2.54. The molecule has 0 unspecified atom stereocenters. The molecule has 0 bridgehead atoms. The molecular formula is C6H7N7O. The second-order valence-corrected chi connectivity index (χ2v) is 2.54. The number of anilines is 1. The van der Waals surface area contributed by atoms with Crippen molar-refractivity contribution >= 4 is 11.9 Å². The number of rotatable bonds is 2. The molecule has 8 nitrogen and oxygen atoms in total. The Morgan fingerprint density at radius 1 is 1.64 bits per heavy atom. The van der Waals surface area contributed by atoms with Gasteiger partial charge >= 0.3 is 0 Å². The molecule has 2 aromatic rings. The molecule has 0 aliphatic carbocycles. The Kier molecular flexibility index (Phi) is 1.94. The van der Waals surface area contributed by atoms with Gasteiger partial charge in [-0.1, -0.05) is 5.10 Å². The van der Waals surface area contributed by atoms with E-state index in [1.54, 1.807) is 7.05 Å². The maximum atomic E-state index is 11.4. The van der Waals surface area contributed by atoms with E-state index in [0.29, 0.717) is 5.56 Å². The summed E-state index contributed by atoms with van der Waals surface area (Å²) in [6, 6.07) is 0. The summed E-state index contributed by atoms with van der Waals surface area (Å²) < 4.78 is 0. The molecule has 2 heterocycles. The standard InChI is InChI=1S/C6H7N7O/c1-13-11-6(10-12-13)9-5(14)4-2-7-8-3-4/h2-3H,1H3,(H,7,8)(H,9,11,14). The van der Waals surface area contributed by atoms with Crippen molar-refractivity contribution < 1.29 is 4.79 Å². The summed E-state index contributed by atoms with van der Waals surface area (Å²) in [5.74, 6) is -0.162. The zero-order valence-electron chi connectivity index (χ0n) is 7.30. The van der Waals surface area contributed by atoms with Crippen molar-refractivity contribution in [1.29, 1.82) is 0 Å². The van der Waals surface area contributed by atoms with Crippen LogP contribution in [0, 0.1) is 0 Å². The van der Waals surface area contributed by atoms with Gasteiger partial charge in [-0.2, -0.15) is 9.90 Å². The molecule has 0 spiro atoms. The minimum Gasteiger partial charge on any atom is -0.288 e. The van der Waals surface area contributed by atoms with E-state index in [1.807, 2.05) is 0 Å². The molecule has 14 heavy (non-hydrogen) atoms. The van der Waals surface area contributed by atoms with E-state index >= 15 is 0 Å². The number of aromatic nitrogens is 6. The highest BCUT2D eigenvalue weighted by Crippen LogP contribution is 1.99. The van der Waals surface area contributed by atoms with E-state index in [0.717, 1.165) is 0 Å². The van der Waals surface area contributed by atoms with Crippen LogP contribution in [0.5, 0.6) is 0 Å². The van der Waals surface area contributed by atoms with Crippen molar-refractivity contribution in [2.45, 2.75) is 0 Å². The zero-order valence-corrected chi connectivity index (χ0v) is 7.30. The van der Waals surface area contributed by atoms with Crippen LogP contribution >= 0.6 is 0 Å².